The Kier molecular flexibility index (Phi) is 4.01. The second kappa shape index (κ2) is 5.93. The zero-order valence-corrected chi connectivity index (χ0v) is 13.0. The Morgan fingerprint density at radius 1 is 1.38 bits per heavy atom. The Balaban J connectivity index is 1.91. The van der Waals surface area contributed by atoms with Gasteiger partial charge in [-0.25, -0.2) is 15.0 Å². The minimum Gasteiger partial charge on any atom is -0.343 e. The SMILES string of the molecule is Cc1cc(-c2ncc[nH]2)nc(C2CCCN2CC(C)C)n1. The molecule has 0 saturated carbocycles. The Hall–Kier alpha value is -1.75. The Morgan fingerprint density at radius 3 is 2.95 bits per heavy atom. The number of aryl methyl sites for hydroxylation is 1. The van der Waals surface area contributed by atoms with Gasteiger partial charge in [0.1, 0.15) is 11.5 Å². The summed E-state index contributed by atoms with van der Waals surface area (Å²) in [5.74, 6) is 2.43. The second-order valence-electron chi connectivity index (χ2n) is 6.24. The Labute approximate surface area is 125 Å². The van der Waals surface area contributed by atoms with Crippen molar-refractivity contribution in [2.45, 2.75) is 39.7 Å². The van der Waals surface area contributed by atoms with Crippen molar-refractivity contribution in [1.82, 2.24) is 24.8 Å². The highest BCUT2D eigenvalue weighted by atomic mass is 15.2. The average Bonchev–Trinajstić information content (AvgIpc) is 3.07. The fraction of sp³-hybridized carbons (Fsp3) is 0.562. The van der Waals surface area contributed by atoms with E-state index in [1.54, 1.807) is 6.20 Å². The topological polar surface area (TPSA) is 57.7 Å². The van der Waals surface area contributed by atoms with Crippen LogP contribution in [0.15, 0.2) is 18.5 Å². The molecule has 3 heterocycles. The number of aromatic nitrogens is 4. The van der Waals surface area contributed by atoms with Crippen LogP contribution in [0.1, 0.15) is 44.2 Å². The number of aromatic amines is 1. The lowest BCUT2D eigenvalue weighted by molar-refractivity contribution is 0.221. The van der Waals surface area contributed by atoms with Crippen molar-refractivity contribution in [3.8, 4) is 11.5 Å². The molecule has 0 aliphatic carbocycles. The van der Waals surface area contributed by atoms with Crippen molar-refractivity contribution in [2.75, 3.05) is 13.1 Å². The molecule has 1 saturated heterocycles. The fourth-order valence-corrected chi connectivity index (χ4v) is 3.07. The normalized spacial score (nSPS) is 19.5. The first-order valence-electron chi connectivity index (χ1n) is 7.73. The van der Waals surface area contributed by atoms with E-state index < -0.39 is 0 Å². The molecule has 21 heavy (non-hydrogen) atoms. The van der Waals surface area contributed by atoms with E-state index >= 15 is 0 Å². The number of rotatable bonds is 4. The van der Waals surface area contributed by atoms with Gasteiger partial charge in [-0.2, -0.15) is 0 Å². The fourth-order valence-electron chi connectivity index (χ4n) is 3.07. The zero-order valence-electron chi connectivity index (χ0n) is 13.0. The van der Waals surface area contributed by atoms with E-state index in [9.17, 15) is 0 Å². The molecule has 0 bridgehead atoms. The van der Waals surface area contributed by atoms with Crippen LogP contribution in [0.2, 0.25) is 0 Å². The number of imidazole rings is 1. The maximum atomic E-state index is 4.77. The van der Waals surface area contributed by atoms with Gasteiger partial charge in [0, 0.05) is 24.6 Å². The Bertz CT molecular complexity index is 591. The first-order valence-corrected chi connectivity index (χ1v) is 7.73. The predicted octanol–water partition coefficient (Wildman–Crippen LogP) is 2.97. The van der Waals surface area contributed by atoms with Crippen LogP contribution >= 0.6 is 0 Å². The van der Waals surface area contributed by atoms with Gasteiger partial charge in [0.05, 0.1) is 6.04 Å². The van der Waals surface area contributed by atoms with Gasteiger partial charge in [0.2, 0.25) is 0 Å². The van der Waals surface area contributed by atoms with E-state index in [-0.39, 0.29) is 0 Å². The van der Waals surface area contributed by atoms with E-state index in [2.05, 4.69) is 33.7 Å². The van der Waals surface area contributed by atoms with Crippen LogP contribution in [0.3, 0.4) is 0 Å². The van der Waals surface area contributed by atoms with Gasteiger partial charge in [-0.1, -0.05) is 13.8 Å². The van der Waals surface area contributed by atoms with Gasteiger partial charge in [-0.15, -0.1) is 0 Å². The molecule has 1 fully saturated rings. The summed E-state index contributed by atoms with van der Waals surface area (Å²) >= 11 is 0. The molecule has 1 aliphatic rings. The van der Waals surface area contributed by atoms with Crippen LogP contribution in [0.4, 0.5) is 0 Å². The second-order valence-corrected chi connectivity index (χ2v) is 6.24. The number of hydrogen-bond donors (Lipinski definition) is 1. The highest BCUT2D eigenvalue weighted by Crippen LogP contribution is 2.31. The van der Waals surface area contributed by atoms with E-state index in [4.69, 9.17) is 4.98 Å². The molecule has 1 N–H and O–H groups in total. The molecule has 0 amide bonds. The average molecular weight is 285 g/mol. The quantitative estimate of drug-likeness (QED) is 0.938. The summed E-state index contributed by atoms with van der Waals surface area (Å²) in [4.78, 5) is 19.4. The van der Waals surface area contributed by atoms with E-state index in [1.165, 1.54) is 6.42 Å². The zero-order chi connectivity index (χ0) is 14.8. The first kappa shape index (κ1) is 14.2. The molecule has 5 nitrogen and oxygen atoms in total. The molecular weight excluding hydrogens is 262 g/mol. The molecule has 1 aliphatic heterocycles. The lowest BCUT2D eigenvalue weighted by atomic mass is 10.1. The molecule has 5 heteroatoms. The van der Waals surface area contributed by atoms with E-state index in [0.29, 0.717) is 12.0 Å². The number of H-pyrrole nitrogens is 1. The van der Waals surface area contributed by atoms with Gasteiger partial charge in [-0.3, -0.25) is 4.90 Å². The van der Waals surface area contributed by atoms with Crippen molar-refractivity contribution < 1.29 is 0 Å². The summed E-state index contributed by atoms with van der Waals surface area (Å²) in [6.07, 6.45) is 5.96. The lowest BCUT2D eigenvalue weighted by Gasteiger charge is -2.25. The van der Waals surface area contributed by atoms with Crippen LogP contribution in [-0.4, -0.2) is 37.9 Å². The predicted molar refractivity (Wildman–Crippen MR) is 82.7 cm³/mol. The maximum Gasteiger partial charge on any atom is 0.156 e. The molecule has 0 aromatic carbocycles. The van der Waals surface area contributed by atoms with Crippen molar-refractivity contribution in [3.63, 3.8) is 0 Å². The van der Waals surface area contributed by atoms with Gasteiger partial charge in [0.25, 0.3) is 0 Å². The number of nitrogens with zero attached hydrogens (tertiary/aromatic N) is 4. The smallest absolute Gasteiger partial charge is 0.156 e. The summed E-state index contributed by atoms with van der Waals surface area (Å²) in [6.45, 7) is 8.81. The molecule has 1 atom stereocenters. The van der Waals surface area contributed by atoms with Gasteiger partial charge < -0.3 is 4.98 Å². The number of likely N-dealkylation sites (tertiary alicyclic amines) is 1. The van der Waals surface area contributed by atoms with Gasteiger partial charge >= 0.3 is 0 Å². The highest BCUT2D eigenvalue weighted by molar-refractivity contribution is 5.49. The van der Waals surface area contributed by atoms with Crippen molar-refractivity contribution in [3.05, 3.63) is 30.0 Å². The lowest BCUT2D eigenvalue weighted by Crippen LogP contribution is -2.28. The third-order valence-electron chi connectivity index (χ3n) is 3.87. The van der Waals surface area contributed by atoms with Crippen molar-refractivity contribution >= 4 is 0 Å². The number of nitrogens with one attached hydrogen (secondary N) is 1. The summed E-state index contributed by atoms with van der Waals surface area (Å²) in [7, 11) is 0. The summed E-state index contributed by atoms with van der Waals surface area (Å²) in [5, 5.41) is 0. The van der Waals surface area contributed by atoms with Crippen LogP contribution < -0.4 is 0 Å². The van der Waals surface area contributed by atoms with E-state index in [1.807, 2.05) is 19.2 Å². The molecular formula is C16H23N5. The van der Waals surface area contributed by atoms with Crippen LogP contribution in [0, 0.1) is 12.8 Å². The van der Waals surface area contributed by atoms with E-state index in [0.717, 1.165) is 42.5 Å². The van der Waals surface area contributed by atoms with Gasteiger partial charge in [-0.05, 0) is 38.3 Å². The van der Waals surface area contributed by atoms with Crippen LogP contribution in [0.25, 0.3) is 11.5 Å². The highest BCUT2D eigenvalue weighted by Gasteiger charge is 2.29. The molecule has 0 radical (unpaired) electrons. The number of hydrogen-bond acceptors (Lipinski definition) is 4. The summed E-state index contributed by atoms with van der Waals surface area (Å²) in [5.41, 5.74) is 1.89. The van der Waals surface area contributed by atoms with Crippen molar-refractivity contribution in [1.29, 1.82) is 0 Å². The Morgan fingerprint density at radius 2 is 2.24 bits per heavy atom. The van der Waals surface area contributed by atoms with Crippen LogP contribution in [0.5, 0.6) is 0 Å². The first-order chi connectivity index (χ1) is 10.1. The molecule has 0 spiro atoms. The third-order valence-corrected chi connectivity index (χ3v) is 3.87. The minimum atomic E-state index is 0.348. The maximum absolute atomic E-state index is 4.77. The third kappa shape index (κ3) is 3.13. The summed E-state index contributed by atoms with van der Waals surface area (Å²) < 4.78 is 0. The molecule has 112 valence electrons. The monoisotopic (exact) mass is 285 g/mol. The summed E-state index contributed by atoms with van der Waals surface area (Å²) in [6, 6.07) is 2.34. The molecule has 2 aromatic heterocycles. The van der Waals surface area contributed by atoms with Crippen LogP contribution in [-0.2, 0) is 0 Å². The largest absolute Gasteiger partial charge is 0.343 e. The van der Waals surface area contributed by atoms with Crippen molar-refractivity contribution in [2.24, 2.45) is 5.92 Å². The molecule has 1 unspecified atom stereocenters. The molecule has 2 aromatic rings. The molecule has 3 rings (SSSR count). The minimum absolute atomic E-state index is 0.348. The van der Waals surface area contributed by atoms with Gasteiger partial charge in [0.15, 0.2) is 5.82 Å². The standard InChI is InChI=1S/C16H23N5/c1-11(2)10-21-8-4-5-14(21)16-19-12(3)9-13(20-16)15-17-6-7-18-15/h6-7,9,11,14H,4-5,8,10H2,1-3H3,(H,17,18).